The number of amides is 3. The summed E-state index contributed by atoms with van der Waals surface area (Å²) in [6, 6.07) is 13.6. The highest BCUT2D eigenvalue weighted by Gasteiger charge is 2.22. The summed E-state index contributed by atoms with van der Waals surface area (Å²) >= 11 is 0. The molecule has 4 N–H and O–H groups in total. The van der Waals surface area contributed by atoms with Gasteiger partial charge in [0, 0.05) is 43.6 Å². The molecular formula is C25H32N4O8. The zero-order valence-corrected chi connectivity index (χ0v) is 20.4. The molecule has 0 aromatic heterocycles. The summed E-state index contributed by atoms with van der Waals surface area (Å²) in [6.45, 7) is 1.42. The highest BCUT2D eigenvalue weighted by molar-refractivity contribution is 5.97. The third kappa shape index (κ3) is 12.1. The largest absolute Gasteiger partial charge is 0.394 e. The Morgan fingerprint density at radius 2 is 1.54 bits per heavy atom. The van der Waals surface area contributed by atoms with E-state index in [1.807, 2.05) is 30.3 Å². The molecule has 0 radical (unpaired) electrons. The molecule has 0 spiro atoms. The second kappa shape index (κ2) is 16.7. The van der Waals surface area contributed by atoms with Gasteiger partial charge < -0.3 is 30.5 Å². The summed E-state index contributed by atoms with van der Waals surface area (Å²) < 4.78 is 10.3. The standard InChI is InChI=1S/C25H32N4O8/c30-13-15-37-17-16-36-14-12-26-23(31)10-11-24(32)28-22(18-19-4-2-1-3-5-19)25(33)27-20-6-8-21(9-7-20)29(34)35/h1-9,22,30H,10-18H2,(H,26,31)(H,27,33)(H,28,32). The molecular weight excluding hydrogens is 484 g/mol. The topological polar surface area (TPSA) is 169 Å². The second-order valence-electron chi connectivity index (χ2n) is 7.90. The number of carbonyl (C=O) groups excluding carboxylic acids is 3. The summed E-state index contributed by atoms with van der Waals surface area (Å²) in [5.41, 5.74) is 1.07. The van der Waals surface area contributed by atoms with Crippen LogP contribution in [-0.2, 0) is 30.3 Å². The molecule has 0 aliphatic carbocycles. The van der Waals surface area contributed by atoms with Crippen LogP contribution in [-0.4, -0.2) is 73.4 Å². The molecule has 0 saturated carbocycles. The molecule has 1 atom stereocenters. The Bertz CT molecular complexity index is 1000. The summed E-state index contributed by atoms with van der Waals surface area (Å²) in [5, 5.41) is 27.4. The smallest absolute Gasteiger partial charge is 0.269 e. The second-order valence-corrected chi connectivity index (χ2v) is 7.90. The van der Waals surface area contributed by atoms with Crippen molar-refractivity contribution < 1.29 is 33.9 Å². The van der Waals surface area contributed by atoms with Crippen molar-refractivity contribution in [2.45, 2.75) is 25.3 Å². The van der Waals surface area contributed by atoms with E-state index in [-0.39, 0.29) is 57.2 Å². The van der Waals surface area contributed by atoms with Crippen molar-refractivity contribution in [2.75, 3.05) is 44.9 Å². The number of anilines is 1. The number of hydrogen-bond donors (Lipinski definition) is 4. The first-order valence-electron chi connectivity index (χ1n) is 11.8. The van der Waals surface area contributed by atoms with E-state index < -0.39 is 22.8 Å². The molecule has 0 bridgehead atoms. The Balaban J connectivity index is 1.82. The molecule has 0 aliphatic heterocycles. The maximum atomic E-state index is 12.9. The predicted octanol–water partition coefficient (Wildman–Crippen LogP) is 1.18. The summed E-state index contributed by atoms with van der Waals surface area (Å²) in [6.07, 6.45) is 0.0439. The van der Waals surface area contributed by atoms with Crippen molar-refractivity contribution >= 4 is 29.1 Å². The van der Waals surface area contributed by atoms with E-state index >= 15 is 0 Å². The van der Waals surface area contributed by atoms with E-state index in [0.29, 0.717) is 18.9 Å². The van der Waals surface area contributed by atoms with Gasteiger partial charge in [-0.05, 0) is 17.7 Å². The minimum Gasteiger partial charge on any atom is -0.394 e. The number of rotatable bonds is 17. The van der Waals surface area contributed by atoms with E-state index in [4.69, 9.17) is 14.6 Å². The highest BCUT2D eigenvalue weighted by Crippen LogP contribution is 2.16. The molecule has 12 nitrogen and oxygen atoms in total. The van der Waals surface area contributed by atoms with E-state index in [2.05, 4.69) is 16.0 Å². The van der Waals surface area contributed by atoms with E-state index in [9.17, 15) is 24.5 Å². The van der Waals surface area contributed by atoms with Gasteiger partial charge in [-0.2, -0.15) is 0 Å². The van der Waals surface area contributed by atoms with Crippen LogP contribution in [0.3, 0.4) is 0 Å². The van der Waals surface area contributed by atoms with Crippen LogP contribution in [0.5, 0.6) is 0 Å². The molecule has 12 heteroatoms. The lowest BCUT2D eigenvalue weighted by atomic mass is 10.0. The molecule has 0 fully saturated rings. The van der Waals surface area contributed by atoms with Gasteiger partial charge in [0.05, 0.1) is 38.0 Å². The Morgan fingerprint density at radius 3 is 2.19 bits per heavy atom. The van der Waals surface area contributed by atoms with Crippen LogP contribution in [0.4, 0.5) is 11.4 Å². The molecule has 2 aromatic rings. The van der Waals surface area contributed by atoms with Crippen molar-refractivity contribution in [1.29, 1.82) is 0 Å². The van der Waals surface area contributed by atoms with Gasteiger partial charge in [-0.25, -0.2) is 0 Å². The van der Waals surface area contributed by atoms with E-state index in [0.717, 1.165) is 5.56 Å². The molecule has 0 aliphatic rings. The van der Waals surface area contributed by atoms with Crippen LogP contribution in [0, 0.1) is 10.1 Å². The fourth-order valence-corrected chi connectivity index (χ4v) is 3.19. The molecule has 0 heterocycles. The van der Waals surface area contributed by atoms with Crippen LogP contribution in [0.15, 0.2) is 54.6 Å². The number of aliphatic hydroxyl groups excluding tert-OH is 1. The van der Waals surface area contributed by atoms with E-state index in [1.165, 1.54) is 24.3 Å². The van der Waals surface area contributed by atoms with Crippen LogP contribution >= 0.6 is 0 Å². The Hall–Kier alpha value is -3.87. The number of non-ortho nitro benzene ring substituents is 1. The lowest BCUT2D eigenvalue weighted by Gasteiger charge is -2.19. The molecule has 200 valence electrons. The highest BCUT2D eigenvalue weighted by atomic mass is 16.6. The number of nitro groups is 1. The van der Waals surface area contributed by atoms with Crippen molar-refractivity contribution in [3.8, 4) is 0 Å². The number of nitrogens with zero attached hydrogens (tertiary/aromatic N) is 1. The van der Waals surface area contributed by atoms with Gasteiger partial charge in [0.2, 0.25) is 17.7 Å². The number of benzene rings is 2. The fraction of sp³-hybridized carbons (Fsp3) is 0.400. The maximum absolute atomic E-state index is 12.9. The Morgan fingerprint density at radius 1 is 0.892 bits per heavy atom. The minimum atomic E-state index is -0.922. The molecule has 2 rings (SSSR count). The first kappa shape index (κ1) is 29.4. The lowest BCUT2D eigenvalue weighted by Crippen LogP contribution is -2.45. The monoisotopic (exact) mass is 516 g/mol. The Labute approximate surface area is 214 Å². The first-order chi connectivity index (χ1) is 17.9. The van der Waals surface area contributed by atoms with Gasteiger partial charge in [-0.1, -0.05) is 30.3 Å². The zero-order chi connectivity index (χ0) is 26.9. The van der Waals surface area contributed by atoms with Gasteiger partial charge in [0.15, 0.2) is 0 Å². The van der Waals surface area contributed by atoms with Crippen molar-refractivity contribution in [1.82, 2.24) is 10.6 Å². The van der Waals surface area contributed by atoms with Gasteiger partial charge in [0.1, 0.15) is 6.04 Å². The average molecular weight is 517 g/mol. The SMILES string of the molecule is O=C(CCC(=O)NC(Cc1ccccc1)C(=O)Nc1ccc([N+](=O)[O-])cc1)NCCOCCOCCO. The fourth-order valence-electron chi connectivity index (χ4n) is 3.19. The minimum absolute atomic E-state index is 0.0545. The summed E-state index contributed by atoms with van der Waals surface area (Å²) in [4.78, 5) is 47.8. The maximum Gasteiger partial charge on any atom is 0.269 e. The molecule has 2 aromatic carbocycles. The predicted molar refractivity (Wildman–Crippen MR) is 135 cm³/mol. The Kier molecular flexibility index (Phi) is 13.3. The molecule has 0 saturated heterocycles. The summed E-state index contributed by atoms with van der Waals surface area (Å²) in [5.74, 6) is -1.28. The number of aliphatic hydroxyl groups is 1. The normalized spacial score (nSPS) is 11.4. The van der Waals surface area contributed by atoms with Gasteiger partial charge in [0.25, 0.3) is 5.69 Å². The molecule has 37 heavy (non-hydrogen) atoms. The number of nitro benzene ring substituents is 1. The van der Waals surface area contributed by atoms with Crippen LogP contribution in [0.1, 0.15) is 18.4 Å². The zero-order valence-electron chi connectivity index (χ0n) is 20.4. The third-order valence-electron chi connectivity index (χ3n) is 5.04. The van der Waals surface area contributed by atoms with Crippen LogP contribution in [0.25, 0.3) is 0 Å². The van der Waals surface area contributed by atoms with Crippen LogP contribution in [0.2, 0.25) is 0 Å². The quantitative estimate of drug-likeness (QED) is 0.138. The van der Waals surface area contributed by atoms with Gasteiger partial charge >= 0.3 is 0 Å². The lowest BCUT2D eigenvalue weighted by molar-refractivity contribution is -0.384. The number of ether oxygens (including phenoxy) is 2. The third-order valence-corrected chi connectivity index (χ3v) is 5.04. The van der Waals surface area contributed by atoms with E-state index in [1.54, 1.807) is 0 Å². The average Bonchev–Trinajstić information content (AvgIpc) is 2.89. The number of nitrogens with one attached hydrogen (secondary N) is 3. The molecule has 3 amide bonds. The van der Waals surface area contributed by atoms with Crippen molar-refractivity contribution in [2.24, 2.45) is 0 Å². The molecule has 1 unspecified atom stereocenters. The number of carbonyl (C=O) groups is 3. The van der Waals surface area contributed by atoms with Gasteiger partial charge in [-0.3, -0.25) is 24.5 Å². The first-order valence-corrected chi connectivity index (χ1v) is 11.8. The van der Waals surface area contributed by atoms with Gasteiger partial charge in [-0.15, -0.1) is 0 Å². The van der Waals surface area contributed by atoms with Crippen molar-refractivity contribution in [3.63, 3.8) is 0 Å². The van der Waals surface area contributed by atoms with Crippen LogP contribution < -0.4 is 16.0 Å². The number of hydrogen-bond acceptors (Lipinski definition) is 8. The van der Waals surface area contributed by atoms with Crippen molar-refractivity contribution in [3.05, 3.63) is 70.3 Å². The summed E-state index contributed by atoms with van der Waals surface area (Å²) in [7, 11) is 0.